The zero-order valence-corrected chi connectivity index (χ0v) is 11.6. The van der Waals surface area contributed by atoms with E-state index in [0.717, 1.165) is 0 Å². The lowest BCUT2D eigenvalue weighted by molar-refractivity contribution is 0.622. The molecule has 0 amide bonds. The molecule has 0 radical (unpaired) electrons. The van der Waals surface area contributed by atoms with Crippen LogP contribution in [-0.4, -0.2) is 9.97 Å². The first-order valence-electron chi connectivity index (χ1n) is 4.56. The lowest BCUT2D eigenvalue weighted by Gasteiger charge is -2.08. The largest absolute Gasteiger partial charge is 0.383 e. The van der Waals surface area contributed by atoms with Gasteiger partial charge in [0, 0.05) is 5.69 Å². The molecule has 2 rings (SSSR count). The molecule has 0 atom stereocenters. The second kappa shape index (κ2) is 4.97. The summed E-state index contributed by atoms with van der Waals surface area (Å²) in [6.07, 6.45) is 1.33. The molecule has 1 aromatic heterocycles. The van der Waals surface area contributed by atoms with E-state index in [-0.39, 0.29) is 5.82 Å². The van der Waals surface area contributed by atoms with E-state index >= 15 is 0 Å². The predicted molar refractivity (Wildman–Crippen MR) is 71.5 cm³/mol. The number of aromatic nitrogens is 2. The highest BCUT2D eigenvalue weighted by Crippen LogP contribution is 2.28. The molecule has 1 heterocycles. The van der Waals surface area contributed by atoms with Crippen LogP contribution < -0.4 is 11.1 Å². The lowest BCUT2D eigenvalue weighted by atomic mass is 10.3. The zero-order valence-electron chi connectivity index (χ0n) is 8.42. The molecule has 2 aromatic rings. The van der Waals surface area contributed by atoms with Crippen LogP contribution >= 0.6 is 31.9 Å². The third kappa shape index (κ3) is 2.73. The SMILES string of the molecule is Nc1ncnc(Nc2ccc(Br)c(F)c2)c1Br. The fraction of sp³-hybridized carbons (Fsp3) is 0. The van der Waals surface area contributed by atoms with E-state index < -0.39 is 0 Å². The minimum absolute atomic E-state index is 0.320. The van der Waals surface area contributed by atoms with Gasteiger partial charge in [-0.2, -0.15) is 0 Å². The lowest BCUT2D eigenvalue weighted by Crippen LogP contribution is -2.00. The van der Waals surface area contributed by atoms with E-state index in [1.54, 1.807) is 12.1 Å². The highest BCUT2D eigenvalue weighted by atomic mass is 79.9. The zero-order chi connectivity index (χ0) is 12.4. The van der Waals surface area contributed by atoms with E-state index in [9.17, 15) is 4.39 Å². The summed E-state index contributed by atoms with van der Waals surface area (Å²) in [5, 5.41) is 2.94. The van der Waals surface area contributed by atoms with Crippen molar-refractivity contribution < 1.29 is 4.39 Å². The van der Waals surface area contributed by atoms with Gasteiger partial charge in [-0.25, -0.2) is 14.4 Å². The van der Waals surface area contributed by atoms with Crippen LogP contribution in [0.3, 0.4) is 0 Å². The molecule has 0 fully saturated rings. The Hall–Kier alpha value is -1.21. The molecule has 0 saturated carbocycles. The molecule has 3 N–H and O–H groups in total. The first kappa shape index (κ1) is 12.3. The monoisotopic (exact) mass is 360 g/mol. The maximum atomic E-state index is 13.3. The van der Waals surface area contributed by atoms with Crippen LogP contribution in [0.15, 0.2) is 33.5 Å². The molecule has 0 bridgehead atoms. The maximum Gasteiger partial charge on any atom is 0.150 e. The summed E-state index contributed by atoms with van der Waals surface area (Å²) in [5.74, 6) is 0.451. The Morgan fingerprint density at radius 3 is 2.71 bits per heavy atom. The van der Waals surface area contributed by atoms with Crippen LogP contribution in [0.4, 0.5) is 21.7 Å². The van der Waals surface area contributed by atoms with Gasteiger partial charge in [0.1, 0.15) is 28.3 Å². The summed E-state index contributed by atoms with van der Waals surface area (Å²) in [5.41, 5.74) is 6.18. The third-order valence-corrected chi connectivity index (χ3v) is 3.42. The molecular formula is C10H7Br2FN4. The molecule has 1 aromatic carbocycles. The van der Waals surface area contributed by atoms with Gasteiger partial charge in [0.15, 0.2) is 0 Å². The fourth-order valence-electron chi connectivity index (χ4n) is 1.18. The van der Waals surface area contributed by atoms with Gasteiger partial charge in [-0.3, -0.25) is 0 Å². The second-order valence-electron chi connectivity index (χ2n) is 3.18. The van der Waals surface area contributed by atoms with Gasteiger partial charge in [-0.1, -0.05) is 0 Å². The van der Waals surface area contributed by atoms with Gasteiger partial charge < -0.3 is 11.1 Å². The Balaban J connectivity index is 2.31. The van der Waals surface area contributed by atoms with Gasteiger partial charge >= 0.3 is 0 Å². The first-order chi connectivity index (χ1) is 8.08. The van der Waals surface area contributed by atoms with Crippen molar-refractivity contribution in [3.63, 3.8) is 0 Å². The molecule has 4 nitrogen and oxygen atoms in total. The van der Waals surface area contributed by atoms with Crippen molar-refractivity contribution in [2.45, 2.75) is 0 Å². The number of nitrogen functional groups attached to an aromatic ring is 1. The Morgan fingerprint density at radius 1 is 1.24 bits per heavy atom. The van der Waals surface area contributed by atoms with Gasteiger partial charge in [-0.15, -0.1) is 0 Å². The Morgan fingerprint density at radius 2 is 2.00 bits per heavy atom. The molecule has 0 spiro atoms. The Labute approximate surface area is 114 Å². The molecule has 0 aliphatic heterocycles. The summed E-state index contributed by atoms with van der Waals surface area (Å²) in [7, 11) is 0. The van der Waals surface area contributed by atoms with Crippen molar-refractivity contribution in [1.29, 1.82) is 0 Å². The topological polar surface area (TPSA) is 63.8 Å². The van der Waals surface area contributed by atoms with Crippen LogP contribution in [-0.2, 0) is 0 Å². The van der Waals surface area contributed by atoms with Crippen molar-refractivity contribution in [1.82, 2.24) is 9.97 Å². The Bertz CT molecular complexity index is 562. The van der Waals surface area contributed by atoms with Crippen LogP contribution in [0.25, 0.3) is 0 Å². The Kier molecular flexibility index (Phi) is 3.58. The summed E-state index contributed by atoms with van der Waals surface area (Å²) in [4.78, 5) is 7.81. The number of halogens is 3. The number of hydrogen-bond donors (Lipinski definition) is 2. The average Bonchev–Trinajstić information content (AvgIpc) is 2.30. The maximum absolute atomic E-state index is 13.3. The summed E-state index contributed by atoms with van der Waals surface area (Å²) in [6, 6.07) is 4.68. The van der Waals surface area contributed by atoms with Crippen molar-refractivity contribution in [3.05, 3.63) is 39.3 Å². The van der Waals surface area contributed by atoms with Gasteiger partial charge in [0.2, 0.25) is 0 Å². The molecule has 7 heteroatoms. The van der Waals surface area contributed by atoms with E-state index in [4.69, 9.17) is 5.73 Å². The van der Waals surface area contributed by atoms with E-state index in [0.29, 0.717) is 26.3 Å². The van der Waals surface area contributed by atoms with E-state index in [2.05, 4.69) is 47.1 Å². The highest BCUT2D eigenvalue weighted by Gasteiger charge is 2.07. The second-order valence-corrected chi connectivity index (χ2v) is 4.82. The normalized spacial score (nSPS) is 10.3. The molecule has 0 saturated heterocycles. The molecule has 17 heavy (non-hydrogen) atoms. The summed E-state index contributed by atoms with van der Waals surface area (Å²) < 4.78 is 14.3. The smallest absolute Gasteiger partial charge is 0.150 e. The van der Waals surface area contributed by atoms with Gasteiger partial charge in [0.05, 0.1) is 4.47 Å². The van der Waals surface area contributed by atoms with E-state index in [1.165, 1.54) is 12.4 Å². The molecular weight excluding hydrogens is 355 g/mol. The molecule has 0 unspecified atom stereocenters. The van der Waals surface area contributed by atoms with Crippen LogP contribution in [0.1, 0.15) is 0 Å². The van der Waals surface area contributed by atoms with Gasteiger partial charge in [-0.05, 0) is 50.1 Å². The fourth-order valence-corrected chi connectivity index (χ4v) is 1.73. The third-order valence-electron chi connectivity index (χ3n) is 2.00. The number of benzene rings is 1. The minimum Gasteiger partial charge on any atom is -0.383 e. The van der Waals surface area contributed by atoms with Crippen molar-refractivity contribution in [3.8, 4) is 0 Å². The standard InChI is InChI=1S/C10H7Br2FN4/c11-6-2-1-5(3-7(6)13)17-10-8(12)9(14)15-4-16-10/h1-4H,(H3,14,15,16,17). The number of anilines is 3. The van der Waals surface area contributed by atoms with Crippen LogP contribution in [0, 0.1) is 5.82 Å². The van der Waals surface area contributed by atoms with Crippen LogP contribution in [0.2, 0.25) is 0 Å². The molecule has 0 aliphatic rings. The van der Waals surface area contributed by atoms with E-state index in [1.807, 2.05) is 0 Å². The first-order valence-corrected chi connectivity index (χ1v) is 6.14. The molecule has 88 valence electrons. The van der Waals surface area contributed by atoms with Crippen molar-refractivity contribution >= 4 is 49.2 Å². The van der Waals surface area contributed by atoms with Crippen molar-refractivity contribution in [2.75, 3.05) is 11.1 Å². The summed E-state index contributed by atoms with van der Waals surface area (Å²) >= 11 is 6.34. The predicted octanol–water partition coefficient (Wildman–Crippen LogP) is 3.47. The number of rotatable bonds is 2. The quantitative estimate of drug-likeness (QED) is 0.859. The number of nitrogens with one attached hydrogen (secondary N) is 1. The number of nitrogens with two attached hydrogens (primary N) is 1. The summed E-state index contributed by atoms with van der Waals surface area (Å²) in [6.45, 7) is 0. The van der Waals surface area contributed by atoms with Crippen molar-refractivity contribution in [2.24, 2.45) is 0 Å². The van der Waals surface area contributed by atoms with Gasteiger partial charge in [0.25, 0.3) is 0 Å². The van der Waals surface area contributed by atoms with Crippen LogP contribution in [0.5, 0.6) is 0 Å². The number of hydrogen-bond acceptors (Lipinski definition) is 4. The molecule has 0 aliphatic carbocycles. The highest BCUT2D eigenvalue weighted by molar-refractivity contribution is 9.11. The average molecular weight is 362 g/mol. The number of nitrogens with zero attached hydrogens (tertiary/aromatic N) is 2. The minimum atomic E-state index is -0.354.